The van der Waals surface area contributed by atoms with Gasteiger partial charge in [0.1, 0.15) is 21.6 Å². The molecule has 7 heteroatoms. The van der Waals surface area contributed by atoms with Crippen LogP contribution in [0.3, 0.4) is 0 Å². The molecule has 0 heterocycles. The summed E-state index contributed by atoms with van der Waals surface area (Å²) in [7, 11) is 3.05. The number of benzene rings is 1. The third kappa shape index (κ3) is 6.39. The molecule has 1 N–H and O–H groups in total. The van der Waals surface area contributed by atoms with Gasteiger partial charge in [-0.2, -0.15) is 0 Å². The Kier molecular flexibility index (Phi) is 7.54. The van der Waals surface area contributed by atoms with Crippen molar-refractivity contribution in [2.24, 2.45) is 0 Å². The molecular weight excluding hydrogens is 378 g/mol. The van der Waals surface area contributed by atoms with Gasteiger partial charge in [0.05, 0.1) is 14.2 Å². The highest BCUT2D eigenvalue weighted by Gasteiger charge is 2.17. The molecule has 0 aliphatic carbocycles. The van der Waals surface area contributed by atoms with E-state index in [0.29, 0.717) is 40.9 Å². The van der Waals surface area contributed by atoms with E-state index in [2.05, 4.69) is 21.2 Å². The molecule has 0 atom stereocenters. The van der Waals surface area contributed by atoms with E-state index in [1.165, 1.54) is 14.2 Å². The summed E-state index contributed by atoms with van der Waals surface area (Å²) in [6.45, 7) is 5.75. The number of carbonyl (C=O) groups is 2. The molecule has 0 radical (unpaired) electrons. The van der Waals surface area contributed by atoms with Gasteiger partial charge in [-0.15, -0.1) is 0 Å². The molecule has 6 nitrogen and oxygen atoms in total. The third-order valence-electron chi connectivity index (χ3n) is 3.02. The van der Waals surface area contributed by atoms with Crippen molar-refractivity contribution in [1.29, 1.82) is 0 Å². The highest BCUT2D eigenvalue weighted by molar-refractivity contribution is 9.10. The number of hydrogen-bond acceptors (Lipinski definition) is 5. The van der Waals surface area contributed by atoms with Crippen LogP contribution in [0, 0.1) is 0 Å². The molecule has 0 aliphatic rings. The van der Waals surface area contributed by atoms with Crippen LogP contribution in [0.2, 0.25) is 0 Å². The summed E-state index contributed by atoms with van der Waals surface area (Å²) in [5, 5.41) is 2.63. The molecule has 0 saturated carbocycles. The molecular formula is C17H24BrNO5. The first kappa shape index (κ1) is 20.3. The summed E-state index contributed by atoms with van der Waals surface area (Å²) in [5.41, 5.74) is -0.0334. The largest absolute Gasteiger partial charge is 0.495 e. The molecule has 0 fully saturated rings. The van der Waals surface area contributed by atoms with Crippen molar-refractivity contribution >= 4 is 27.8 Å². The minimum atomic E-state index is -0.537. The summed E-state index contributed by atoms with van der Waals surface area (Å²) in [4.78, 5) is 23.8. The van der Waals surface area contributed by atoms with E-state index in [1.807, 2.05) is 0 Å². The number of hydrogen-bond donors (Lipinski definition) is 1. The highest BCUT2D eigenvalue weighted by Crippen LogP contribution is 2.35. The van der Waals surface area contributed by atoms with Crippen LogP contribution in [0.15, 0.2) is 16.6 Å². The Balaban J connectivity index is 2.56. The Morgan fingerprint density at radius 2 is 1.67 bits per heavy atom. The lowest BCUT2D eigenvalue weighted by Gasteiger charge is -2.19. The van der Waals surface area contributed by atoms with Crippen LogP contribution in [-0.2, 0) is 4.74 Å². The second kappa shape index (κ2) is 8.92. The first-order valence-electron chi connectivity index (χ1n) is 7.59. The van der Waals surface area contributed by atoms with Crippen molar-refractivity contribution in [1.82, 2.24) is 5.32 Å². The summed E-state index contributed by atoms with van der Waals surface area (Å²) in [5.74, 6) is 1.01. The summed E-state index contributed by atoms with van der Waals surface area (Å²) in [6, 6.07) is 3.33. The van der Waals surface area contributed by atoms with E-state index in [1.54, 1.807) is 32.9 Å². The molecule has 0 aliphatic heterocycles. The second-order valence-electron chi connectivity index (χ2n) is 6.15. The molecule has 0 saturated heterocycles. The standard InChI is InChI=1S/C17H24BrNO5/c1-17(2,3)24-16(21)19-8-6-7-12(20)11-9-13(22-4)15(18)14(10-11)23-5/h9-10H,6-8H2,1-5H3,(H,19,21). The number of rotatable bonds is 7. The Hall–Kier alpha value is -1.76. The normalized spacial score (nSPS) is 10.9. The van der Waals surface area contributed by atoms with E-state index >= 15 is 0 Å². The van der Waals surface area contributed by atoms with E-state index in [0.717, 1.165) is 0 Å². The number of ketones is 1. The van der Waals surface area contributed by atoms with E-state index in [9.17, 15) is 9.59 Å². The van der Waals surface area contributed by atoms with Gasteiger partial charge >= 0.3 is 6.09 Å². The van der Waals surface area contributed by atoms with Gasteiger partial charge in [0.25, 0.3) is 0 Å². The van der Waals surface area contributed by atoms with Crippen molar-refractivity contribution in [3.05, 3.63) is 22.2 Å². The van der Waals surface area contributed by atoms with Gasteiger partial charge in [-0.05, 0) is 55.3 Å². The maximum Gasteiger partial charge on any atom is 0.407 e. The van der Waals surface area contributed by atoms with Gasteiger partial charge in [-0.1, -0.05) is 0 Å². The molecule has 1 aromatic carbocycles. The molecule has 1 aromatic rings. The lowest BCUT2D eigenvalue weighted by atomic mass is 10.1. The van der Waals surface area contributed by atoms with Gasteiger partial charge in [-0.25, -0.2) is 4.79 Å². The zero-order valence-corrected chi connectivity index (χ0v) is 16.3. The van der Waals surface area contributed by atoms with Crippen LogP contribution in [-0.4, -0.2) is 38.2 Å². The van der Waals surface area contributed by atoms with Crippen molar-refractivity contribution in [3.63, 3.8) is 0 Å². The van der Waals surface area contributed by atoms with Gasteiger partial charge in [0.15, 0.2) is 5.78 Å². The number of nitrogens with one attached hydrogen (secondary N) is 1. The van der Waals surface area contributed by atoms with Gasteiger partial charge in [0.2, 0.25) is 0 Å². The fraction of sp³-hybridized carbons (Fsp3) is 0.529. The Bertz CT molecular complexity index is 570. The molecule has 24 heavy (non-hydrogen) atoms. The lowest BCUT2D eigenvalue weighted by molar-refractivity contribution is 0.0525. The number of amides is 1. The fourth-order valence-corrected chi connectivity index (χ4v) is 2.48. The van der Waals surface area contributed by atoms with Crippen LogP contribution < -0.4 is 14.8 Å². The van der Waals surface area contributed by atoms with Crippen LogP contribution in [0.25, 0.3) is 0 Å². The Morgan fingerprint density at radius 1 is 1.12 bits per heavy atom. The van der Waals surface area contributed by atoms with Crippen LogP contribution in [0.5, 0.6) is 11.5 Å². The predicted molar refractivity (Wildman–Crippen MR) is 95.0 cm³/mol. The molecule has 1 amide bonds. The molecule has 0 spiro atoms. The average molecular weight is 402 g/mol. The zero-order chi connectivity index (χ0) is 18.3. The molecule has 0 aromatic heterocycles. The van der Waals surface area contributed by atoms with Crippen LogP contribution in [0.1, 0.15) is 44.0 Å². The van der Waals surface area contributed by atoms with Crippen LogP contribution >= 0.6 is 15.9 Å². The summed E-state index contributed by atoms with van der Waals surface area (Å²) < 4.78 is 16.3. The number of alkyl carbamates (subject to hydrolysis) is 1. The fourth-order valence-electron chi connectivity index (χ4n) is 1.93. The third-order valence-corrected chi connectivity index (χ3v) is 3.80. The number of halogens is 1. The lowest BCUT2D eigenvalue weighted by Crippen LogP contribution is -2.33. The first-order chi connectivity index (χ1) is 11.2. The number of Topliss-reactive ketones (excluding diaryl/α,β-unsaturated/α-hetero) is 1. The molecule has 0 unspecified atom stereocenters. The number of carbonyl (C=O) groups excluding carboxylic acids is 2. The minimum absolute atomic E-state index is 0.0508. The van der Waals surface area contributed by atoms with Crippen LogP contribution in [0.4, 0.5) is 4.79 Å². The summed E-state index contributed by atoms with van der Waals surface area (Å²) >= 11 is 3.37. The quantitative estimate of drug-likeness (QED) is 0.552. The first-order valence-corrected chi connectivity index (χ1v) is 8.39. The average Bonchev–Trinajstić information content (AvgIpc) is 2.49. The summed E-state index contributed by atoms with van der Waals surface area (Å²) in [6.07, 6.45) is 0.324. The second-order valence-corrected chi connectivity index (χ2v) is 6.94. The van der Waals surface area contributed by atoms with Gasteiger partial charge in [0, 0.05) is 18.5 Å². The minimum Gasteiger partial charge on any atom is -0.495 e. The zero-order valence-electron chi connectivity index (χ0n) is 14.7. The molecule has 134 valence electrons. The number of methoxy groups -OCH3 is 2. The molecule has 1 rings (SSSR count). The van der Waals surface area contributed by atoms with E-state index in [4.69, 9.17) is 14.2 Å². The van der Waals surface area contributed by atoms with E-state index < -0.39 is 11.7 Å². The Labute approximate surface area is 151 Å². The monoisotopic (exact) mass is 401 g/mol. The van der Waals surface area contributed by atoms with Crippen molar-refractivity contribution in [3.8, 4) is 11.5 Å². The smallest absolute Gasteiger partial charge is 0.407 e. The van der Waals surface area contributed by atoms with Gasteiger partial charge in [-0.3, -0.25) is 4.79 Å². The SMILES string of the molecule is COc1cc(C(=O)CCCNC(=O)OC(C)(C)C)cc(OC)c1Br. The molecule has 0 bridgehead atoms. The van der Waals surface area contributed by atoms with Crippen molar-refractivity contribution in [2.45, 2.75) is 39.2 Å². The highest BCUT2D eigenvalue weighted by atomic mass is 79.9. The van der Waals surface area contributed by atoms with E-state index in [-0.39, 0.29) is 5.78 Å². The topological polar surface area (TPSA) is 73.9 Å². The maximum absolute atomic E-state index is 12.3. The Morgan fingerprint density at radius 3 is 2.12 bits per heavy atom. The van der Waals surface area contributed by atoms with Gasteiger partial charge < -0.3 is 19.5 Å². The van der Waals surface area contributed by atoms with Crippen molar-refractivity contribution < 1.29 is 23.8 Å². The number of ether oxygens (including phenoxy) is 3. The maximum atomic E-state index is 12.3. The predicted octanol–water partition coefficient (Wildman–Crippen LogP) is 3.95. The van der Waals surface area contributed by atoms with Crippen molar-refractivity contribution in [2.75, 3.05) is 20.8 Å².